The van der Waals surface area contributed by atoms with Crippen molar-refractivity contribution in [1.82, 2.24) is 0 Å². The van der Waals surface area contributed by atoms with Crippen LogP contribution >= 0.6 is 0 Å². The van der Waals surface area contributed by atoms with Gasteiger partial charge in [0.15, 0.2) is 0 Å². The molecule has 0 fully saturated rings. The highest BCUT2D eigenvalue weighted by atomic mass is 19.1. The first kappa shape index (κ1) is 14.2. The van der Waals surface area contributed by atoms with Crippen molar-refractivity contribution in [2.75, 3.05) is 25.1 Å². The molecule has 5 heteroatoms. The number of hydrogen-bond acceptors (Lipinski definition) is 3. The molecule has 98 valence electrons. The SMILES string of the molecule is C=CCCOCCNc1ccc(F)cc1C(=O)O. The fourth-order valence-electron chi connectivity index (χ4n) is 1.37. The average Bonchev–Trinajstić information content (AvgIpc) is 2.35. The number of carbonyl (C=O) groups is 1. The van der Waals surface area contributed by atoms with Crippen LogP contribution in [0.2, 0.25) is 0 Å². The summed E-state index contributed by atoms with van der Waals surface area (Å²) in [6, 6.07) is 3.61. The zero-order chi connectivity index (χ0) is 13.4. The van der Waals surface area contributed by atoms with Gasteiger partial charge < -0.3 is 15.2 Å². The number of hydrogen-bond donors (Lipinski definition) is 2. The molecule has 2 N–H and O–H groups in total. The third-order valence-corrected chi connectivity index (χ3v) is 2.24. The molecule has 0 aliphatic rings. The van der Waals surface area contributed by atoms with E-state index in [9.17, 15) is 9.18 Å². The summed E-state index contributed by atoms with van der Waals surface area (Å²) in [6.45, 7) is 5.06. The number of benzene rings is 1. The van der Waals surface area contributed by atoms with Crippen molar-refractivity contribution in [3.05, 3.63) is 42.2 Å². The monoisotopic (exact) mass is 253 g/mol. The van der Waals surface area contributed by atoms with E-state index < -0.39 is 11.8 Å². The minimum Gasteiger partial charge on any atom is -0.478 e. The molecule has 1 rings (SSSR count). The van der Waals surface area contributed by atoms with Crippen molar-refractivity contribution in [1.29, 1.82) is 0 Å². The second kappa shape index (κ2) is 7.45. The molecule has 0 saturated heterocycles. The van der Waals surface area contributed by atoms with Crippen LogP contribution in [0.3, 0.4) is 0 Å². The Kier molecular flexibility index (Phi) is 5.87. The first-order chi connectivity index (χ1) is 8.65. The van der Waals surface area contributed by atoms with E-state index >= 15 is 0 Å². The van der Waals surface area contributed by atoms with Crippen molar-refractivity contribution >= 4 is 11.7 Å². The normalized spacial score (nSPS) is 10.1. The van der Waals surface area contributed by atoms with E-state index in [2.05, 4.69) is 11.9 Å². The second-order valence-electron chi connectivity index (χ2n) is 3.61. The minimum atomic E-state index is -1.16. The lowest BCUT2D eigenvalue weighted by Gasteiger charge is -2.09. The van der Waals surface area contributed by atoms with E-state index in [1.165, 1.54) is 12.1 Å². The summed E-state index contributed by atoms with van der Waals surface area (Å²) in [5.41, 5.74) is 0.303. The molecule has 0 bridgehead atoms. The maximum absolute atomic E-state index is 12.9. The quantitative estimate of drug-likeness (QED) is 0.552. The molecule has 0 saturated carbocycles. The standard InChI is InChI=1S/C13H16FNO3/c1-2-3-7-18-8-6-15-12-5-4-10(14)9-11(12)13(16)17/h2,4-5,9,15H,1,3,6-8H2,(H,16,17). The summed E-state index contributed by atoms with van der Waals surface area (Å²) < 4.78 is 18.2. The van der Waals surface area contributed by atoms with Crippen LogP contribution in [0, 0.1) is 5.82 Å². The number of rotatable bonds is 8. The fourth-order valence-corrected chi connectivity index (χ4v) is 1.37. The molecule has 0 amide bonds. The highest BCUT2D eigenvalue weighted by Gasteiger charge is 2.10. The van der Waals surface area contributed by atoms with E-state index in [4.69, 9.17) is 9.84 Å². The highest BCUT2D eigenvalue weighted by molar-refractivity contribution is 5.94. The van der Waals surface area contributed by atoms with Gasteiger partial charge in [-0.05, 0) is 24.6 Å². The Morgan fingerprint density at radius 2 is 2.28 bits per heavy atom. The zero-order valence-electron chi connectivity index (χ0n) is 9.99. The maximum Gasteiger partial charge on any atom is 0.337 e. The van der Waals surface area contributed by atoms with E-state index in [0.717, 1.165) is 12.5 Å². The lowest BCUT2D eigenvalue weighted by atomic mass is 10.1. The van der Waals surface area contributed by atoms with Crippen LogP contribution < -0.4 is 5.32 Å². The molecule has 0 spiro atoms. The fraction of sp³-hybridized carbons (Fsp3) is 0.308. The Hall–Kier alpha value is -1.88. The van der Waals surface area contributed by atoms with E-state index in [1.54, 1.807) is 6.08 Å². The Morgan fingerprint density at radius 1 is 1.50 bits per heavy atom. The van der Waals surface area contributed by atoms with Gasteiger partial charge in [-0.25, -0.2) is 9.18 Å². The third kappa shape index (κ3) is 4.55. The molecule has 1 aromatic rings. The number of carboxylic acid groups (broad SMARTS) is 1. The predicted octanol–water partition coefficient (Wildman–Crippen LogP) is 2.53. The van der Waals surface area contributed by atoms with Crippen LogP contribution in [-0.4, -0.2) is 30.8 Å². The topological polar surface area (TPSA) is 58.6 Å². The molecular formula is C13H16FNO3. The number of aromatic carboxylic acids is 1. The first-order valence-electron chi connectivity index (χ1n) is 5.60. The molecule has 0 aliphatic carbocycles. The molecule has 0 heterocycles. The number of ether oxygens (including phenoxy) is 1. The van der Waals surface area contributed by atoms with Crippen molar-refractivity contribution in [3.8, 4) is 0 Å². The van der Waals surface area contributed by atoms with Gasteiger partial charge in [-0.3, -0.25) is 0 Å². The number of nitrogens with one attached hydrogen (secondary N) is 1. The van der Waals surface area contributed by atoms with Crippen LogP contribution in [0.4, 0.5) is 10.1 Å². The molecule has 4 nitrogen and oxygen atoms in total. The lowest BCUT2D eigenvalue weighted by Crippen LogP contribution is -2.12. The first-order valence-corrected chi connectivity index (χ1v) is 5.60. The molecule has 1 aromatic carbocycles. The van der Waals surface area contributed by atoms with Crippen LogP contribution in [0.1, 0.15) is 16.8 Å². The van der Waals surface area contributed by atoms with Gasteiger partial charge in [0.25, 0.3) is 0 Å². The van der Waals surface area contributed by atoms with E-state index in [-0.39, 0.29) is 5.56 Å². The second-order valence-corrected chi connectivity index (χ2v) is 3.61. The van der Waals surface area contributed by atoms with Crippen molar-refractivity contribution in [3.63, 3.8) is 0 Å². The summed E-state index contributed by atoms with van der Waals surface area (Å²) in [7, 11) is 0. The van der Waals surface area contributed by atoms with Crippen LogP contribution in [0.5, 0.6) is 0 Å². The van der Waals surface area contributed by atoms with Crippen molar-refractivity contribution < 1.29 is 19.0 Å². The largest absolute Gasteiger partial charge is 0.478 e. The number of halogens is 1. The molecule has 0 aliphatic heterocycles. The zero-order valence-corrected chi connectivity index (χ0v) is 9.99. The molecule has 18 heavy (non-hydrogen) atoms. The lowest BCUT2D eigenvalue weighted by molar-refractivity contribution is 0.0697. The number of anilines is 1. The van der Waals surface area contributed by atoms with E-state index in [0.29, 0.717) is 25.4 Å². The number of carboxylic acids is 1. The Morgan fingerprint density at radius 3 is 2.94 bits per heavy atom. The summed E-state index contributed by atoms with van der Waals surface area (Å²) in [4.78, 5) is 10.9. The molecule has 0 aromatic heterocycles. The van der Waals surface area contributed by atoms with Crippen molar-refractivity contribution in [2.45, 2.75) is 6.42 Å². The predicted molar refractivity (Wildman–Crippen MR) is 67.5 cm³/mol. The van der Waals surface area contributed by atoms with Gasteiger partial charge in [0, 0.05) is 12.2 Å². The van der Waals surface area contributed by atoms with Crippen LogP contribution in [-0.2, 0) is 4.74 Å². The third-order valence-electron chi connectivity index (χ3n) is 2.24. The molecule has 0 atom stereocenters. The average molecular weight is 253 g/mol. The van der Waals surface area contributed by atoms with Crippen molar-refractivity contribution in [2.24, 2.45) is 0 Å². The van der Waals surface area contributed by atoms with Crippen LogP contribution in [0.15, 0.2) is 30.9 Å². The summed E-state index contributed by atoms with van der Waals surface area (Å²) in [6.07, 6.45) is 2.53. The summed E-state index contributed by atoms with van der Waals surface area (Å²) in [5.74, 6) is -1.73. The van der Waals surface area contributed by atoms with Gasteiger partial charge in [-0.1, -0.05) is 6.08 Å². The van der Waals surface area contributed by atoms with Gasteiger partial charge >= 0.3 is 5.97 Å². The van der Waals surface area contributed by atoms with Gasteiger partial charge in [0.2, 0.25) is 0 Å². The Balaban J connectivity index is 2.46. The smallest absolute Gasteiger partial charge is 0.337 e. The van der Waals surface area contributed by atoms with Gasteiger partial charge in [-0.15, -0.1) is 6.58 Å². The van der Waals surface area contributed by atoms with Gasteiger partial charge in [0.05, 0.1) is 18.8 Å². The highest BCUT2D eigenvalue weighted by Crippen LogP contribution is 2.16. The Labute approximate surface area is 105 Å². The van der Waals surface area contributed by atoms with Gasteiger partial charge in [0.1, 0.15) is 5.82 Å². The molecule has 0 radical (unpaired) electrons. The van der Waals surface area contributed by atoms with Gasteiger partial charge in [-0.2, -0.15) is 0 Å². The maximum atomic E-state index is 12.9. The molecular weight excluding hydrogens is 237 g/mol. The summed E-state index contributed by atoms with van der Waals surface area (Å²) in [5, 5.41) is 11.8. The summed E-state index contributed by atoms with van der Waals surface area (Å²) >= 11 is 0. The van der Waals surface area contributed by atoms with E-state index in [1.807, 2.05) is 0 Å². The van der Waals surface area contributed by atoms with Crippen LogP contribution in [0.25, 0.3) is 0 Å². The molecule has 0 unspecified atom stereocenters. The minimum absolute atomic E-state index is 0.0823. The Bertz CT molecular complexity index is 421.